The van der Waals surface area contributed by atoms with Crippen LogP contribution in [0.4, 0.5) is 0 Å². The molecule has 5 rings (SSSR count). The third-order valence-electron chi connectivity index (χ3n) is 5.88. The molecule has 0 spiro atoms. The Balaban J connectivity index is 1.53. The number of pyridine rings is 2. The maximum Gasteiger partial charge on any atom is 0.246 e. The molecule has 172 valence electrons. The fourth-order valence-corrected chi connectivity index (χ4v) is 4.44. The average molecular weight is 476 g/mol. The second-order valence-electron chi connectivity index (χ2n) is 8.04. The van der Waals surface area contributed by atoms with Gasteiger partial charge in [0.2, 0.25) is 5.91 Å². The molecule has 1 aliphatic heterocycles. The zero-order valence-electron chi connectivity index (χ0n) is 18.3. The lowest BCUT2D eigenvalue weighted by Crippen LogP contribution is -2.40. The van der Waals surface area contributed by atoms with Crippen LogP contribution in [0.5, 0.6) is 17.2 Å². The van der Waals surface area contributed by atoms with E-state index >= 15 is 0 Å². The van der Waals surface area contributed by atoms with Crippen molar-refractivity contribution in [3.05, 3.63) is 72.7 Å². The van der Waals surface area contributed by atoms with Crippen molar-refractivity contribution in [1.82, 2.24) is 24.6 Å². The van der Waals surface area contributed by atoms with Gasteiger partial charge < -0.3 is 14.7 Å². The van der Waals surface area contributed by atoms with E-state index in [4.69, 9.17) is 21.4 Å². The summed E-state index contributed by atoms with van der Waals surface area (Å²) in [6.07, 6.45) is 7.67. The first-order chi connectivity index (χ1) is 16.5. The lowest BCUT2D eigenvalue weighted by Gasteiger charge is -2.32. The zero-order chi connectivity index (χ0) is 23.7. The number of hydrogen-bond acceptors (Lipinski definition) is 6. The van der Waals surface area contributed by atoms with Gasteiger partial charge in [-0.2, -0.15) is 5.10 Å². The van der Waals surface area contributed by atoms with Gasteiger partial charge in [0.15, 0.2) is 11.4 Å². The van der Waals surface area contributed by atoms with Crippen molar-refractivity contribution < 1.29 is 14.6 Å². The number of rotatable bonds is 5. The maximum atomic E-state index is 12.2. The van der Waals surface area contributed by atoms with Gasteiger partial charge in [-0.05, 0) is 55.3 Å². The number of ether oxygens (including phenoxy) is 1. The molecule has 1 aliphatic rings. The van der Waals surface area contributed by atoms with Gasteiger partial charge in [0.25, 0.3) is 0 Å². The van der Waals surface area contributed by atoms with Crippen LogP contribution in [0.3, 0.4) is 0 Å². The predicted molar refractivity (Wildman–Crippen MR) is 129 cm³/mol. The molecule has 1 unspecified atom stereocenters. The molecule has 0 saturated carbocycles. The van der Waals surface area contributed by atoms with Crippen LogP contribution >= 0.6 is 11.6 Å². The second-order valence-corrected chi connectivity index (χ2v) is 8.42. The molecule has 0 bridgehead atoms. The molecule has 1 amide bonds. The highest BCUT2D eigenvalue weighted by atomic mass is 35.5. The van der Waals surface area contributed by atoms with E-state index in [-0.39, 0.29) is 22.7 Å². The topological polar surface area (TPSA) is 93.4 Å². The van der Waals surface area contributed by atoms with Crippen LogP contribution in [0, 0.1) is 0 Å². The number of benzene rings is 1. The van der Waals surface area contributed by atoms with Crippen molar-refractivity contribution >= 4 is 28.5 Å². The molecule has 8 nitrogen and oxygen atoms in total. The number of amides is 1. The van der Waals surface area contributed by atoms with E-state index in [9.17, 15) is 9.90 Å². The van der Waals surface area contributed by atoms with E-state index in [0.29, 0.717) is 41.3 Å². The van der Waals surface area contributed by atoms with Crippen molar-refractivity contribution in [2.24, 2.45) is 0 Å². The molecule has 0 radical (unpaired) electrons. The molecular formula is C25H22ClN5O3. The minimum absolute atomic E-state index is 0.0729. The molecule has 1 saturated heterocycles. The van der Waals surface area contributed by atoms with Gasteiger partial charge >= 0.3 is 0 Å². The van der Waals surface area contributed by atoms with E-state index < -0.39 is 0 Å². The van der Waals surface area contributed by atoms with Crippen LogP contribution in [0.25, 0.3) is 22.3 Å². The SMILES string of the molecule is C=CC(=O)N1CCCC(n2nc(-c3ccc(Oc4ccncc4)cc3)c3c(Cl)c(O)cnc32)C1. The molecule has 4 aromatic rings. The third kappa shape index (κ3) is 4.08. The summed E-state index contributed by atoms with van der Waals surface area (Å²) in [5.41, 5.74) is 1.97. The highest BCUT2D eigenvalue weighted by Crippen LogP contribution is 2.39. The number of halogens is 1. The first-order valence-corrected chi connectivity index (χ1v) is 11.3. The van der Waals surface area contributed by atoms with Crippen molar-refractivity contribution in [2.45, 2.75) is 18.9 Å². The summed E-state index contributed by atoms with van der Waals surface area (Å²) in [4.78, 5) is 22.4. The number of piperidine rings is 1. The van der Waals surface area contributed by atoms with Gasteiger partial charge in [-0.3, -0.25) is 9.78 Å². The van der Waals surface area contributed by atoms with E-state index in [1.54, 1.807) is 29.4 Å². The fraction of sp³-hybridized carbons (Fsp3) is 0.200. The molecule has 1 N–H and O–H groups in total. The summed E-state index contributed by atoms with van der Waals surface area (Å²) in [7, 11) is 0. The van der Waals surface area contributed by atoms with Crippen LogP contribution in [0.1, 0.15) is 18.9 Å². The summed E-state index contributed by atoms with van der Waals surface area (Å²) < 4.78 is 7.67. The molecular weight excluding hydrogens is 454 g/mol. The van der Waals surface area contributed by atoms with Gasteiger partial charge in [0, 0.05) is 31.0 Å². The predicted octanol–water partition coefficient (Wildman–Crippen LogP) is 4.99. The van der Waals surface area contributed by atoms with Crippen LogP contribution in [0.2, 0.25) is 5.02 Å². The minimum atomic E-state index is -0.111. The van der Waals surface area contributed by atoms with Gasteiger partial charge in [-0.15, -0.1) is 0 Å². The maximum absolute atomic E-state index is 12.2. The van der Waals surface area contributed by atoms with E-state index in [2.05, 4.69) is 16.5 Å². The summed E-state index contributed by atoms with van der Waals surface area (Å²) in [6, 6.07) is 10.9. The Morgan fingerprint density at radius 1 is 1.18 bits per heavy atom. The zero-order valence-corrected chi connectivity index (χ0v) is 19.0. The van der Waals surface area contributed by atoms with Crippen LogP contribution in [-0.4, -0.2) is 48.8 Å². The van der Waals surface area contributed by atoms with Crippen molar-refractivity contribution in [3.63, 3.8) is 0 Å². The number of hydrogen-bond donors (Lipinski definition) is 1. The summed E-state index contributed by atoms with van der Waals surface area (Å²) in [6.45, 7) is 4.78. The number of aromatic nitrogens is 4. The number of aromatic hydroxyl groups is 1. The summed E-state index contributed by atoms with van der Waals surface area (Å²) in [5, 5.41) is 15.9. The Morgan fingerprint density at radius 2 is 1.91 bits per heavy atom. The first kappa shape index (κ1) is 21.9. The van der Waals surface area contributed by atoms with Crippen molar-refractivity contribution in [3.8, 4) is 28.5 Å². The third-order valence-corrected chi connectivity index (χ3v) is 6.26. The van der Waals surface area contributed by atoms with Gasteiger partial charge in [0.05, 0.1) is 22.6 Å². The minimum Gasteiger partial charge on any atom is -0.505 e. The Kier molecular flexibility index (Phi) is 5.90. The fourth-order valence-electron chi connectivity index (χ4n) is 4.22. The van der Waals surface area contributed by atoms with E-state index in [0.717, 1.165) is 18.4 Å². The molecule has 1 fully saturated rings. The molecule has 3 aromatic heterocycles. The van der Waals surface area contributed by atoms with Gasteiger partial charge in [-0.1, -0.05) is 18.2 Å². The van der Waals surface area contributed by atoms with Gasteiger partial charge in [0.1, 0.15) is 17.2 Å². The standard InChI is InChI=1S/C25H22ClN5O3/c1-2-21(33)30-13-3-4-17(15-30)31-25-22(23(26)20(32)14-28-25)24(29-31)16-5-7-18(8-6-16)34-19-9-11-27-12-10-19/h2,5-12,14,17,32H,1,3-4,13,15H2. The first-order valence-electron chi connectivity index (χ1n) is 10.9. The second kappa shape index (κ2) is 9.15. The average Bonchev–Trinajstić information content (AvgIpc) is 3.27. The quantitative estimate of drug-likeness (QED) is 0.408. The molecule has 4 heterocycles. The smallest absolute Gasteiger partial charge is 0.246 e. The normalized spacial score (nSPS) is 15.9. The largest absolute Gasteiger partial charge is 0.505 e. The molecule has 34 heavy (non-hydrogen) atoms. The Hall–Kier alpha value is -3.91. The lowest BCUT2D eigenvalue weighted by molar-refractivity contribution is -0.127. The molecule has 1 atom stereocenters. The van der Waals surface area contributed by atoms with Crippen LogP contribution < -0.4 is 4.74 Å². The Morgan fingerprint density at radius 3 is 2.65 bits per heavy atom. The number of fused-ring (bicyclic) bond motifs is 1. The summed E-state index contributed by atoms with van der Waals surface area (Å²) >= 11 is 6.52. The van der Waals surface area contributed by atoms with Crippen LogP contribution in [-0.2, 0) is 4.79 Å². The highest BCUT2D eigenvalue weighted by Gasteiger charge is 2.28. The van der Waals surface area contributed by atoms with Crippen molar-refractivity contribution in [1.29, 1.82) is 0 Å². The molecule has 9 heteroatoms. The molecule has 1 aromatic carbocycles. The lowest BCUT2D eigenvalue weighted by atomic mass is 10.1. The van der Waals surface area contributed by atoms with Crippen LogP contribution in [0.15, 0.2) is 67.6 Å². The van der Waals surface area contributed by atoms with E-state index in [1.165, 1.54) is 12.3 Å². The Bertz CT molecular complexity index is 1350. The number of carbonyl (C=O) groups is 1. The van der Waals surface area contributed by atoms with Crippen molar-refractivity contribution in [2.75, 3.05) is 13.1 Å². The summed E-state index contributed by atoms with van der Waals surface area (Å²) in [5.74, 6) is 1.14. The Labute approximate surface area is 201 Å². The van der Waals surface area contributed by atoms with Gasteiger partial charge in [-0.25, -0.2) is 9.67 Å². The number of carbonyl (C=O) groups excluding carboxylic acids is 1. The highest BCUT2D eigenvalue weighted by molar-refractivity contribution is 6.37. The molecule has 0 aliphatic carbocycles. The monoisotopic (exact) mass is 475 g/mol. The van der Waals surface area contributed by atoms with E-state index in [1.807, 2.05) is 28.9 Å². The number of likely N-dealkylation sites (tertiary alicyclic amines) is 1. The number of nitrogens with zero attached hydrogens (tertiary/aromatic N) is 5.